The van der Waals surface area contributed by atoms with Crippen molar-refractivity contribution in [3.63, 3.8) is 0 Å². The van der Waals surface area contributed by atoms with Crippen molar-refractivity contribution in [3.05, 3.63) is 29.8 Å². The predicted octanol–water partition coefficient (Wildman–Crippen LogP) is 2.52. The number of hydrogen-bond acceptors (Lipinski definition) is 3. The van der Waals surface area contributed by atoms with Crippen molar-refractivity contribution < 1.29 is 9.47 Å². The van der Waals surface area contributed by atoms with Gasteiger partial charge >= 0.3 is 0 Å². The lowest BCUT2D eigenvalue weighted by Crippen LogP contribution is -2.48. The van der Waals surface area contributed by atoms with Gasteiger partial charge < -0.3 is 15.2 Å². The summed E-state index contributed by atoms with van der Waals surface area (Å²) in [4.78, 5) is 0. The number of methoxy groups -OCH3 is 2. The van der Waals surface area contributed by atoms with Crippen LogP contribution in [0.15, 0.2) is 24.3 Å². The highest BCUT2D eigenvalue weighted by Gasteiger charge is 2.39. The number of ether oxygens (including phenoxy) is 2. The molecule has 0 aliphatic heterocycles. The molecule has 1 aromatic carbocycles. The van der Waals surface area contributed by atoms with Crippen LogP contribution in [0.1, 0.15) is 31.2 Å². The lowest BCUT2D eigenvalue weighted by Gasteiger charge is -2.34. The van der Waals surface area contributed by atoms with Gasteiger partial charge in [0.2, 0.25) is 0 Å². The quantitative estimate of drug-likeness (QED) is 0.872. The van der Waals surface area contributed by atoms with Crippen LogP contribution >= 0.6 is 0 Å². The molecule has 0 aromatic heterocycles. The highest BCUT2D eigenvalue weighted by Crippen LogP contribution is 2.36. The van der Waals surface area contributed by atoms with E-state index in [2.05, 4.69) is 12.1 Å². The maximum Gasteiger partial charge on any atom is 0.119 e. The van der Waals surface area contributed by atoms with Crippen molar-refractivity contribution in [1.82, 2.24) is 0 Å². The molecule has 0 heterocycles. The van der Waals surface area contributed by atoms with E-state index in [9.17, 15) is 0 Å². The van der Waals surface area contributed by atoms with Crippen LogP contribution in [-0.2, 0) is 11.2 Å². The Kier molecular flexibility index (Phi) is 4.25. The molecule has 2 rings (SSSR count). The van der Waals surface area contributed by atoms with E-state index in [1.54, 1.807) is 14.2 Å². The van der Waals surface area contributed by atoms with Crippen LogP contribution in [0.4, 0.5) is 0 Å². The van der Waals surface area contributed by atoms with E-state index < -0.39 is 0 Å². The molecule has 2 N–H and O–H groups in total. The molecule has 0 radical (unpaired) electrons. The maximum atomic E-state index is 6.38. The van der Waals surface area contributed by atoms with Crippen LogP contribution in [0.25, 0.3) is 0 Å². The minimum Gasteiger partial charge on any atom is -0.497 e. The third-order valence-corrected chi connectivity index (χ3v) is 4.12. The summed E-state index contributed by atoms with van der Waals surface area (Å²) >= 11 is 0. The molecule has 0 bridgehead atoms. The molecule has 3 nitrogen and oxygen atoms in total. The zero-order valence-electron chi connectivity index (χ0n) is 11.3. The zero-order valence-corrected chi connectivity index (χ0v) is 11.3. The fraction of sp³-hybridized carbons (Fsp3) is 0.600. The summed E-state index contributed by atoms with van der Waals surface area (Å²) in [5.41, 5.74) is 7.47. The first-order valence-electron chi connectivity index (χ1n) is 6.64. The van der Waals surface area contributed by atoms with Gasteiger partial charge in [0.15, 0.2) is 0 Å². The van der Waals surface area contributed by atoms with Gasteiger partial charge in [0.25, 0.3) is 0 Å². The van der Waals surface area contributed by atoms with E-state index in [-0.39, 0.29) is 11.6 Å². The smallest absolute Gasteiger partial charge is 0.119 e. The van der Waals surface area contributed by atoms with E-state index in [1.807, 2.05) is 12.1 Å². The Bertz CT molecular complexity index is 386. The average molecular weight is 249 g/mol. The van der Waals surface area contributed by atoms with Crippen molar-refractivity contribution in [2.45, 2.75) is 43.7 Å². The topological polar surface area (TPSA) is 44.5 Å². The SMILES string of the molecule is COc1cccc(CC(N)C2(OC)CCCC2)c1. The fourth-order valence-corrected chi connectivity index (χ4v) is 2.94. The van der Waals surface area contributed by atoms with E-state index in [0.717, 1.165) is 25.0 Å². The Morgan fingerprint density at radius 1 is 1.28 bits per heavy atom. The van der Waals surface area contributed by atoms with Gasteiger partial charge in [-0.3, -0.25) is 0 Å². The van der Waals surface area contributed by atoms with Crippen LogP contribution in [-0.4, -0.2) is 25.9 Å². The molecule has 0 spiro atoms. The van der Waals surface area contributed by atoms with Crippen LogP contribution < -0.4 is 10.5 Å². The number of hydrogen-bond donors (Lipinski definition) is 1. The second kappa shape index (κ2) is 5.72. The van der Waals surface area contributed by atoms with E-state index in [1.165, 1.54) is 18.4 Å². The molecule has 1 fully saturated rings. The molecule has 1 atom stereocenters. The largest absolute Gasteiger partial charge is 0.497 e. The van der Waals surface area contributed by atoms with Crippen molar-refractivity contribution in [1.29, 1.82) is 0 Å². The van der Waals surface area contributed by atoms with Crippen molar-refractivity contribution in [2.75, 3.05) is 14.2 Å². The first kappa shape index (κ1) is 13.4. The van der Waals surface area contributed by atoms with E-state index >= 15 is 0 Å². The van der Waals surface area contributed by atoms with Gasteiger partial charge in [-0.05, 0) is 37.0 Å². The Hall–Kier alpha value is -1.06. The monoisotopic (exact) mass is 249 g/mol. The molecule has 1 unspecified atom stereocenters. The summed E-state index contributed by atoms with van der Waals surface area (Å²) in [7, 11) is 3.48. The Labute approximate surface area is 109 Å². The standard InChI is InChI=1S/C15H23NO2/c1-17-13-7-5-6-12(10-13)11-14(16)15(18-2)8-3-4-9-15/h5-7,10,14H,3-4,8-9,11,16H2,1-2H3. The average Bonchev–Trinajstić information content (AvgIpc) is 2.89. The third-order valence-electron chi connectivity index (χ3n) is 4.12. The molecule has 100 valence electrons. The molecule has 1 saturated carbocycles. The number of nitrogens with two attached hydrogens (primary N) is 1. The minimum absolute atomic E-state index is 0.0529. The number of rotatable bonds is 5. The van der Waals surface area contributed by atoms with Crippen molar-refractivity contribution in [3.8, 4) is 5.75 Å². The summed E-state index contributed by atoms with van der Waals surface area (Å²) in [6.07, 6.45) is 5.44. The molecule has 0 saturated heterocycles. The van der Waals surface area contributed by atoms with Gasteiger partial charge in [-0.2, -0.15) is 0 Å². The summed E-state index contributed by atoms with van der Waals surface area (Å²) < 4.78 is 11.0. The van der Waals surface area contributed by atoms with Crippen LogP contribution in [0.2, 0.25) is 0 Å². The summed E-state index contributed by atoms with van der Waals surface area (Å²) in [5, 5.41) is 0. The summed E-state index contributed by atoms with van der Waals surface area (Å²) in [5.74, 6) is 0.887. The fourth-order valence-electron chi connectivity index (χ4n) is 2.94. The van der Waals surface area contributed by atoms with Gasteiger partial charge in [0.05, 0.1) is 12.7 Å². The van der Waals surface area contributed by atoms with Gasteiger partial charge in [-0.1, -0.05) is 25.0 Å². The van der Waals surface area contributed by atoms with Gasteiger partial charge in [-0.15, -0.1) is 0 Å². The molecule has 1 aliphatic carbocycles. The van der Waals surface area contributed by atoms with Crippen LogP contribution in [0.3, 0.4) is 0 Å². The van der Waals surface area contributed by atoms with Gasteiger partial charge in [-0.25, -0.2) is 0 Å². The zero-order chi connectivity index (χ0) is 13.0. The molecular weight excluding hydrogens is 226 g/mol. The Morgan fingerprint density at radius 2 is 2.00 bits per heavy atom. The van der Waals surface area contributed by atoms with E-state index in [0.29, 0.717) is 0 Å². The summed E-state index contributed by atoms with van der Waals surface area (Å²) in [6, 6.07) is 8.17. The Morgan fingerprint density at radius 3 is 2.61 bits per heavy atom. The predicted molar refractivity (Wildman–Crippen MR) is 72.9 cm³/mol. The normalized spacial score (nSPS) is 19.7. The maximum absolute atomic E-state index is 6.38. The first-order valence-corrected chi connectivity index (χ1v) is 6.64. The summed E-state index contributed by atoms with van der Waals surface area (Å²) in [6.45, 7) is 0. The second-order valence-electron chi connectivity index (χ2n) is 5.14. The molecule has 0 amide bonds. The van der Waals surface area contributed by atoms with Crippen LogP contribution in [0.5, 0.6) is 5.75 Å². The molecule has 18 heavy (non-hydrogen) atoms. The molecular formula is C15H23NO2. The van der Waals surface area contributed by atoms with Crippen LogP contribution in [0, 0.1) is 0 Å². The number of benzene rings is 1. The highest BCUT2D eigenvalue weighted by molar-refractivity contribution is 5.29. The third kappa shape index (κ3) is 2.68. The van der Waals surface area contributed by atoms with Gasteiger partial charge in [0, 0.05) is 13.2 Å². The lowest BCUT2D eigenvalue weighted by molar-refractivity contribution is -0.0253. The Balaban J connectivity index is 2.07. The van der Waals surface area contributed by atoms with Gasteiger partial charge in [0.1, 0.15) is 5.75 Å². The second-order valence-corrected chi connectivity index (χ2v) is 5.14. The van der Waals surface area contributed by atoms with Crippen molar-refractivity contribution in [2.24, 2.45) is 5.73 Å². The van der Waals surface area contributed by atoms with Crippen molar-refractivity contribution >= 4 is 0 Å². The molecule has 1 aromatic rings. The molecule has 3 heteroatoms. The lowest BCUT2D eigenvalue weighted by atomic mass is 9.88. The minimum atomic E-state index is -0.122. The highest BCUT2D eigenvalue weighted by atomic mass is 16.5. The van der Waals surface area contributed by atoms with E-state index in [4.69, 9.17) is 15.2 Å². The first-order chi connectivity index (χ1) is 8.70. The molecule has 1 aliphatic rings.